The van der Waals surface area contributed by atoms with Crippen LogP contribution in [0.2, 0.25) is 5.02 Å². The predicted octanol–water partition coefficient (Wildman–Crippen LogP) is 7.79. The Kier molecular flexibility index (Phi) is 8.43. The second-order valence-electron chi connectivity index (χ2n) is 10.2. The maximum Gasteiger partial charge on any atom is 0.0865 e. The van der Waals surface area contributed by atoms with Gasteiger partial charge >= 0.3 is 0 Å². The molecule has 1 N–H and O–H groups in total. The number of aromatic nitrogens is 1. The van der Waals surface area contributed by atoms with E-state index in [1.165, 1.54) is 22.1 Å². The summed E-state index contributed by atoms with van der Waals surface area (Å²) in [5.41, 5.74) is 8.81. The molecule has 0 aliphatic carbocycles. The van der Waals surface area contributed by atoms with Crippen LogP contribution in [0.15, 0.2) is 84.5 Å². The molecular weight excluding hydrogens is 500 g/mol. The minimum atomic E-state index is 0.165. The summed E-state index contributed by atoms with van der Waals surface area (Å²) < 4.78 is 0. The molecule has 4 nitrogen and oxygen atoms in total. The van der Waals surface area contributed by atoms with E-state index in [1.54, 1.807) is 0 Å². The molecule has 4 aromatic rings. The maximum atomic E-state index is 6.02. The predicted molar refractivity (Wildman–Crippen MR) is 167 cm³/mol. The van der Waals surface area contributed by atoms with Gasteiger partial charge in [-0.25, -0.2) is 4.98 Å². The maximum absolute atomic E-state index is 6.02. The average molecular weight is 535 g/mol. The Bertz CT molecular complexity index is 1500. The van der Waals surface area contributed by atoms with E-state index in [9.17, 15) is 0 Å². The van der Waals surface area contributed by atoms with E-state index in [1.807, 2.05) is 30.5 Å². The first-order chi connectivity index (χ1) is 19.0. The van der Waals surface area contributed by atoms with Gasteiger partial charge in [0.2, 0.25) is 0 Å². The zero-order chi connectivity index (χ0) is 27.2. The van der Waals surface area contributed by atoms with Crippen molar-refractivity contribution in [2.45, 2.75) is 39.2 Å². The van der Waals surface area contributed by atoms with Crippen molar-refractivity contribution in [1.82, 2.24) is 15.3 Å². The molecule has 0 amide bonds. The van der Waals surface area contributed by atoms with Gasteiger partial charge in [-0.05, 0) is 72.4 Å². The molecule has 0 spiro atoms. The average Bonchev–Trinajstić information content (AvgIpc) is 3.46. The number of rotatable bonds is 10. The summed E-state index contributed by atoms with van der Waals surface area (Å²) >= 11 is 6.02. The molecular formula is C34H35ClN4. The van der Waals surface area contributed by atoms with Gasteiger partial charge < -0.3 is 5.32 Å². The lowest BCUT2D eigenvalue weighted by Crippen LogP contribution is -2.39. The van der Waals surface area contributed by atoms with Crippen LogP contribution in [0, 0.1) is 6.92 Å². The number of halogens is 1. The fourth-order valence-corrected chi connectivity index (χ4v) is 5.08. The van der Waals surface area contributed by atoms with Gasteiger partial charge in [0.05, 0.1) is 23.5 Å². The lowest BCUT2D eigenvalue weighted by Gasteiger charge is -2.26. The van der Waals surface area contributed by atoms with Gasteiger partial charge in [0.25, 0.3) is 0 Å². The summed E-state index contributed by atoms with van der Waals surface area (Å²) in [7, 11) is 0. The van der Waals surface area contributed by atoms with Crippen LogP contribution in [0.3, 0.4) is 0 Å². The van der Waals surface area contributed by atoms with E-state index < -0.39 is 0 Å². The summed E-state index contributed by atoms with van der Waals surface area (Å²) in [5.74, 6) is 0. The van der Waals surface area contributed by atoms with Crippen LogP contribution in [0.1, 0.15) is 46.9 Å². The van der Waals surface area contributed by atoms with Gasteiger partial charge in [0.15, 0.2) is 0 Å². The van der Waals surface area contributed by atoms with Crippen molar-refractivity contribution in [3.8, 4) is 0 Å². The Morgan fingerprint density at radius 2 is 1.77 bits per heavy atom. The van der Waals surface area contributed by atoms with Crippen LogP contribution in [0.5, 0.6) is 0 Å². The number of hydrogen-bond acceptors (Lipinski definition) is 4. The van der Waals surface area contributed by atoms with Crippen molar-refractivity contribution in [3.05, 3.63) is 118 Å². The van der Waals surface area contributed by atoms with Crippen molar-refractivity contribution < 1.29 is 0 Å². The highest BCUT2D eigenvalue weighted by molar-refractivity contribution is 6.30. The van der Waals surface area contributed by atoms with Gasteiger partial charge in [0.1, 0.15) is 0 Å². The molecule has 1 unspecified atom stereocenters. The van der Waals surface area contributed by atoms with Crippen LogP contribution >= 0.6 is 11.6 Å². The normalized spacial score (nSPS) is 13.9. The highest BCUT2D eigenvalue weighted by atomic mass is 35.5. The van der Waals surface area contributed by atoms with Crippen molar-refractivity contribution in [3.63, 3.8) is 0 Å². The summed E-state index contributed by atoms with van der Waals surface area (Å²) in [6, 6.07) is 25.4. The first kappa shape index (κ1) is 26.7. The summed E-state index contributed by atoms with van der Waals surface area (Å²) in [4.78, 5) is 5.01. The third-order valence-corrected chi connectivity index (χ3v) is 7.37. The first-order valence-corrected chi connectivity index (χ1v) is 14.0. The fourth-order valence-electron chi connectivity index (χ4n) is 4.95. The van der Waals surface area contributed by atoms with E-state index in [2.05, 4.69) is 96.5 Å². The molecule has 5 heteroatoms. The van der Waals surface area contributed by atoms with Crippen LogP contribution in [-0.2, 0) is 12.8 Å². The lowest BCUT2D eigenvalue weighted by molar-refractivity contribution is 0.284. The number of nitrogens with one attached hydrogen (secondary N) is 1. The molecule has 0 radical (unpaired) electrons. The van der Waals surface area contributed by atoms with Gasteiger partial charge in [-0.3, -0.25) is 5.01 Å². The van der Waals surface area contributed by atoms with Crippen LogP contribution in [-0.4, -0.2) is 35.3 Å². The Hall–Kier alpha value is -3.89. The molecule has 1 aliphatic rings. The molecule has 1 atom stereocenters. The van der Waals surface area contributed by atoms with Gasteiger partial charge in [-0.2, -0.15) is 5.10 Å². The fraction of sp³-hybridized carbons (Fsp3) is 0.235. The second kappa shape index (κ2) is 12.3. The van der Waals surface area contributed by atoms with E-state index >= 15 is 0 Å². The Morgan fingerprint density at radius 1 is 1.03 bits per heavy atom. The van der Waals surface area contributed by atoms with Crippen molar-refractivity contribution >= 4 is 46.6 Å². The molecule has 5 rings (SSSR count). The van der Waals surface area contributed by atoms with E-state index in [0.29, 0.717) is 0 Å². The summed E-state index contributed by atoms with van der Waals surface area (Å²) in [6.45, 7) is 10.5. The molecule has 0 bridgehead atoms. The van der Waals surface area contributed by atoms with Crippen LogP contribution < -0.4 is 5.32 Å². The number of pyridine rings is 1. The molecule has 0 saturated carbocycles. The monoisotopic (exact) mass is 534 g/mol. The number of benzene rings is 3. The molecule has 3 aromatic carbocycles. The number of aryl methyl sites for hydroxylation is 2. The molecule has 0 saturated heterocycles. The Labute approximate surface area is 236 Å². The number of fused-ring (bicyclic) bond motifs is 1. The highest BCUT2D eigenvalue weighted by Gasteiger charge is 2.18. The zero-order valence-corrected chi connectivity index (χ0v) is 23.5. The third-order valence-electron chi connectivity index (χ3n) is 7.12. The smallest absolute Gasteiger partial charge is 0.0865 e. The standard InChI is InChI=1S/C34H35ClN4/c1-4-29-22-34(38-33-17-14-28(21-32(29)33)11-10-26-12-15-30(35)16-13-26)25(3)37-31(23-39-19-5-18-36-39)20-27-8-6-24(2)7-9-27/h6-18,21-22,31,37H,3-5,19-20,23H2,1-2H3/b11-10+. The van der Waals surface area contributed by atoms with Crippen molar-refractivity contribution in [1.29, 1.82) is 0 Å². The van der Waals surface area contributed by atoms with Crippen molar-refractivity contribution in [2.24, 2.45) is 5.10 Å². The molecule has 2 heterocycles. The lowest BCUT2D eigenvalue weighted by atomic mass is 10.0. The number of hydrazone groups is 1. The molecule has 39 heavy (non-hydrogen) atoms. The van der Waals surface area contributed by atoms with Crippen LogP contribution in [0.25, 0.3) is 28.8 Å². The molecule has 0 fully saturated rings. The third kappa shape index (κ3) is 6.96. The van der Waals surface area contributed by atoms with Gasteiger partial charge in [0, 0.05) is 35.6 Å². The van der Waals surface area contributed by atoms with E-state index in [4.69, 9.17) is 16.6 Å². The van der Waals surface area contributed by atoms with Crippen molar-refractivity contribution in [2.75, 3.05) is 13.1 Å². The van der Waals surface area contributed by atoms with Crippen LogP contribution in [0.4, 0.5) is 0 Å². The molecule has 1 aromatic heterocycles. The van der Waals surface area contributed by atoms with Gasteiger partial charge in [-0.1, -0.05) is 85.3 Å². The largest absolute Gasteiger partial charge is 0.379 e. The van der Waals surface area contributed by atoms with Gasteiger partial charge in [-0.15, -0.1) is 0 Å². The van der Waals surface area contributed by atoms with E-state index in [-0.39, 0.29) is 6.04 Å². The number of hydrogen-bond donors (Lipinski definition) is 1. The minimum Gasteiger partial charge on any atom is -0.379 e. The highest BCUT2D eigenvalue weighted by Crippen LogP contribution is 2.25. The summed E-state index contributed by atoms with van der Waals surface area (Å²) in [5, 5.41) is 12.3. The first-order valence-electron chi connectivity index (χ1n) is 13.6. The Morgan fingerprint density at radius 3 is 2.49 bits per heavy atom. The summed E-state index contributed by atoms with van der Waals surface area (Å²) in [6.07, 6.45) is 9.04. The Balaban J connectivity index is 1.36. The zero-order valence-electron chi connectivity index (χ0n) is 22.7. The SMILES string of the molecule is C=C(NC(Cc1ccc(C)cc1)CN1CCC=N1)c1cc(CC)c2cc(/C=C/c3ccc(Cl)cc3)ccc2n1. The number of nitrogens with zero attached hydrogens (tertiary/aromatic N) is 3. The minimum absolute atomic E-state index is 0.165. The topological polar surface area (TPSA) is 40.5 Å². The van der Waals surface area contributed by atoms with E-state index in [0.717, 1.165) is 65.4 Å². The molecule has 198 valence electrons. The molecule has 1 aliphatic heterocycles. The quantitative estimate of drug-likeness (QED) is 0.211. The second-order valence-corrected chi connectivity index (χ2v) is 10.6.